The predicted molar refractivity (Wildman–Crippen MR) is 141 cm³/mol. The van der Waals surface area contributed by atoms with Crippen LogP contribution < -0.4 is 10.4 Å². The average molecular weight is 566 g/mol. The summed E-state index contributed by atoms with van der Waals surface area (Å²) in [4.78, 5) is 22.1. The molecule has 0 spiro atoms. The average Bonchev–Trinajstić information content (AvgIpc) is 3.20. The number of aromatic nitrogens is 4. The number of fused-ring (bicyclic) bond motifs is 1. The van der Waals surface area contributed by atoms with Crippen LogP contribution >= 0.6 is 27.5 Å². The minimum atomic E-state index is -0.516. The fourth-order valence-electron chi connectivity index (χ4n) is 3.99. The lowest BCUT2D eigenvalue weighted by Crippen LogP contribution is -2.40. The molecule has 0 saturated carbocycles. The molecule has 3 heterocycles. The Bertz CT molecular complexity index is 1610. The van der Waals surface area contributed by atoms with E-state index in [0.29, 0.717) is 28.4 Å². The monoisotopic (exact) mass is 564 g/mol. The molecule has 5 aromatic rings. The Balaban J connectivity index is 1.70. The van der Waals surface area contributed by atoms with Gasteiger partial charge in [-0.1, -0.05) is 51.8 Å². The van der Waals surface area contributed by atoms with Crippen molar-refractivity contribution in [3.8, 4) is 22.4 Å². The molecule has 0 bridgehead atoms. The van der Waals surface area contributed by atoms with Crippen molar-refractivity contribution >= 4 is 44.9 Å². The molecule has 0 fully saturated rings. The Morgan fingerprint density at radius 1 is 1.06 bits per heavy atom. The van der Waals surface area contributed by atoms with Gasteiger partial charge in [0, 0.05) is 40.1 Å². The quantitative estimate of drug-likeness (QED) is 0.261. The molecular weight excluding hydrogens is 547 g/mol. The summed E-state index contributed by atoms with van der Waals surface area (Å²) in [5, 5.41) is 6.40. The topological polar surface area (TPSA) is 75.4 Å². The van der Waals surface area contributed by atoms with Crippen LogP contribution in [0.3, 0.4) is 0 Å². The molecule has 0 aliphatic carbocycles. The van der Waals surface area contributed by atoms with Crippen molar-refractivity contribution in [1.82, 2.24) is 25.0 Å². The molecule has 7 nitrogen and oxygen atoms in total. The van der Waals surface area contributed by atoms with Gasteiger partial charge in [0.15, 0.2) is 5.65 Å². The maximum Gasteiger partial charge on any atom is 0.275 e. The van der Waals surface area contributed by atoms with Gasteiger partial charge >= 0.3 is 0 Å². The number of nitrogens with zero attached hydrogens (tertiary/aromatic N) is 5. The van der Waals surface area contributed by atoms with Crippen molar-refractivity contribution < 1.29 is 9.18 Å². The van der Waals surface area contributed by atoms with Crippen LogP contribution in [0.15, 0.2) is 77.5 Å². The van der Waals surface area contributed by atoms with Gasteiger partial charge in [-0.05, 0) is 48.9 Å². The second-order valence-electron chi connectivity index (χ2n) is 8.01. The van der Waals surface area contributed by atoms with Crippen LogP contribution in [0.25, 0.3) is 28.0 Å². The third-order valence-electron chi connectivity index (χ3n) is 5.66. The summed E-state index contributed by atoms with van der Waals surface area (Å²) >= 11 is 9.61. The molecule has 10 heteroatoms. The number of hydrogen-bond acceptors (Lipinski definition) is 5. The number of rotatable bonds is 5. The SMILES string of the molecule is Cc1nn2c(-c3ccc(Cl)cc3F)c(-c3ccccc3Br)cnc2c1C(=O)NN(C)c1ccccn1. The van der Waals surface area contributed by atoms with Crippen LogP contribution in [0.2, 0.25) is 5.02 Å². The van der Waals surface area contributed by atoms with Gasteiger partial charge in [-0.3, -0.25) is 15.2 Å². The first-order chi connectivity index (χ1) is 17.3. The molecule has 1 amide bonds. The number of hydrazine groups is 1. The first kappa shape index (κ1) is 23.9. The van der Waals surface area contributed by atoms with Gasteiger partial charge in [-0.2, -0.15) is 5.10 Å². The summed E-state index contributed by atoms with van der Waals surface area (Å²) in [6, 6.07) is 17.4. The Labute approximate surface area is 219 Å². The van der Waals surface area contributed by atoms with Gasteiger partial charge < -0.3 is 0 Å². The van der Waals surface area contributed by atoms with E-state index in [4.69, 9.17) is 11.6 Å². The highest BCUT2D eigenvalue weighted by Gasteiger charge is 2.25. The second-order valence-corrected chi connectivity index (χ2v) is 9.30. The minimum absolute atomic E-state index is 0.270. The Kier molecular flexibility index (Phi) is 6.42. The first-order valence-electron chi connectivity index (χ1n) is 10.9. The van der Waals surface area contributed by atoms with E-state index in [9.17, 15) is 4.79 Å². The Morgan fingerprint density at radius 2 is 1.83 bits per heavy atom. The molecule has 0 atom stereocenters. The van der Waals surface area contributed by atoms with Crippen LogP contribution in [0.5, 0.6) is 0 Å². The van der Waals surface area contributed by atoms with Gasteiger partial charge in [0.1, 0.15) is 17.2 Å². The Morgan fingerprint density at radius 3 is 2.56 bits per heavy atom. The maximum atomic E-state index is 15.2. The number of carbonyl (C=O) groups excluding carboxylic acids is 1. The molecule has 0 radical (unpaired) electrons. The van der Waals surface area contributed by atoms with E-state index in [2.05, 4.69) is 36.4 Å². The maximum absolute atomic E-state index is 15.2. The van der Waals surface area contributed by atoms with E-state index >= 15 is 4.39 Å². The fourth-order valence-corrected chi connectivity index (χ4v) is 4.65. The number of carbonyl (C=O) groups is 1. The van der Waals surface area contributed by atoms with Crippen molar-refractivity contribution in [1.29, 1.82) is 0 Å². The van der Waals surface area contributed by atoms with Gasteiger partial charge in [0.05, 0.1) is 11.4 Å². The zero-order chi connectivity index (χ0) is 25.4. The summed E-state index contributed by atoms with van der Waals surface area (Å²) in [6.45, 7) is 1.71. The standard InChI is InChI=1S/C26H19BrClFN6O/c1-15-23(26(36)33-34(2)22-9-5-6-12-30-22)25-31-14-19(17-7-3-4-8-20(17)27)24(35(25)32-15)18-11-10-16(28)13-21(18)29/h3-14H,1-2H3,(H,33,36). The zero-order valence-electron chi connectivity index (χ0n) is 19.2. The lowest BCUT2D eigenvalue weighted by molar-refractivity contribution is 0.0952. The van der Waals surface area contributed by atoms with Crippen LogP contribution in [0.4, 0.5) is 10.2 Å². The molecule has 180 valence electrons. The number of nitrogens with one attached hydrogen (secondary N) is 1. The summed E-state index contributed by atoms with van der Waals surface area (Å²) in [6.07, 6.45) is 3.26. The van der Waals surface area contributed by atoms with Gasteiger partial charge in [-0.15, -0.1) is 0 Å². The number of halogens is 3. The van der Waals surface area contributed by atoms with Crippen LogP contribution in [-0.2, 0) is 0 Å². The smallest absolute Gasteiger partial charge is 0.271 e. The normalized spacial score (nSPS) is 11.0. The zero-order valence-corrected chi connectivity index (χ0v) is 21.5. The molecule has 3 aromatic heterocycles. The lowest BCUT2D eigenvalue weighted by Gasteiger charge is -2.18. The molecular formula is C26H19BrClFN6O. The number of aryl methyl sites for hydroxylation is 1. The number of hydrogen-bond donors (Lipinski definition) is 1. The molecule has 0 saturated heterocycles. The molecule has 0 unspecified atom stereocenters. The summed E-state index contributed by atoms with van der Waals surface area (Å²) in [7, 11) is 1.69. The van der Waals surface area contributed by atoms with Gasteiger partial charge in [0.2, 0.25) is 0 Å². The van der Waals surface area contributed by atoms with E-state index < -0.39 is 11.7 Å². The van der Waals surface area contributed by atoms with Crippen LogP contribution in [-0.4, -0.2) is 32.5 Å². The molecule has 0 aliphatic heterocycles. The largest absolute Gasteiger partial charge is 0.275 e. The number of amides is 1. The van der Waals surface area contributed by atoms with Crippen molar-refractivity contribution in [2.75, 3.05) is 12.1 Å². The van der Waals surface area contributed by atoms with Crippen molar-refractivity contribution in [3.05, 3.63) is 99.6 Å². The van der Waals surface area contributed by atoms with Crippen molar-refractivity contribution in [3.63, 3.8) is 0 Å². The number of benzene rings is 2. The summed E-state index contributed by atoms with van der Waals surface area (Å²) < 4.78 is 17.5. The Hall–Kier alpha value is -3.82. The number of pyridine rings is 1. The molecule has 5 rings (SSSR count). The first-order valence-corrected chi connectivity index (χ1v) is 12.1. The van der Waals surface area contributed by atoms with E-state index in [1.807, 2.05) is 30.3 Å². The summed E-state index contributed by atoms with van der Waals surface area (Å²) in [5.74, 6) is -0.371. The third kappa shape index (κ3) is 4.31. The van der Waals surface area contributed by atoms with Crippen LogP contribution in [0.1, 0.15) is 16.1 Å². The van der Waals surface area contributed by atoms with E-state index in [1.165, 1.54) is 15.6 Å². The van der Waals surface area contributed by atoms with Gasteiger partial charge in [0.25, 0.3) is 5.91 Å². The number of anilines is 1. The fraction of sp³-hybridized carbons (Fsp3) is 0.0769. The highest BCUT2D eigenvalue weighted by molar-refractivity contribution is 9.10. The van der Waals surface area contributed by atoms with Crippen molar-refractivity contribution in [2.45, 2.75) is 6.92 Å². The summed E-state index contributed by atoms with van der Waals surface area (Å²) in [5.41, 5.74) is 5.96. The molecule has 1 N–H and O–H groups in total. The predicted octanol–water partition coefficient (Wildman–Crippen LogP) is 6.10. The minimum Gasteiger partial charge on any atom is -0.271 e. The third-order valence-corrected chi connectivity index (χ3v) is 6.59. The van der Waals surface area contributed by atoms with Gasteiger partial charge in [-0.25, -0.2) is 18.9 Å². The molecule has 2 aromatic carbocycles. The van der Waals surface area contributed by atoms with E-state index in [1.54, 1.807) is 50.6 Å². The highest BCUT2D eigenvalue weighted by Crippen LogP contribution is 2.38. The van der Waals surface area contributed by atoms with E-state index in [0.717, 1.165) is 10.0 Å². The second kappa shape index (κ2) is 9.67. The van der Waals surface area contributed by atoms with E-state index in [-0.39, 0.29) is 16.1 Å². The van der Waals surface area contributed by atoms with Crippen molar-refractivity contribution in [2.24, 2.45) is 0 Å². The lowest BCUT2D eigenvalue weighted by atomic mass is 10.00. The molecule has 0 aliphatic rings. The van der Waals surface area contributed by atoms with Crippen LogP contribution in [0, 0.1) is 12.7 Å². The molecule has 36 heavy (non-hydrogen) atoms. The highest BCUT2D eigenvalue weighted by atomic mass is 79.9.